The predicted octanol–water partition coefficient (Wildman–Crippen LogP) is 12.6. The van der Waals surface area contributed by atoms with Crippen molar-refractivity contribution < 1.29 is 0 Å². The van der Waals surface area contributed by atoms with Crippen LogP contribution in [0, 0.1) is 0 Å². The standard InChI is InChI=1S/C43H32N2S/c1-4-13-34(14-5-1)44(35-15-6-2-7-16-35)37-27-23-32(24-28-37)31-33-25-29-38(30-26-33)45(36-17-8-3-9-18-36)41-21-12-20-40-39-19-10-11-22-42(39)46-43(40)41/h1-30H,31H2. The molecule has 220 valence electrons. The summed E-state index contributed by atoms with van der Waals surface area (Å²) >= 11 is 1.87. The smallest absolute Gasteiger partial charge is 0.0640 e. The van der Waals surface area contributed by atoms with Gasteiger partial charge in [-0.3, -0.25) is 0 Å². The molecule has 0 fully saturated rings. The van der Waals surface area contributed by atoms with Crippen molar-refractivity contribution in [3.8, 4) is 0 Å². The van der Waals surface area contributed by atoms with E-state index in [0.717, 1.165) is 34.9 Å². The molecule has 3 heteroatoms. The molecule has 0 saturated carbocycles. The number of anilines is 6. The van der Waals surface area contributed by atoms with E-state index in [2.05, 4.69) is 192 Å². The summed E-state index contributed by atoms with van der Waals surface area (Å²) < 4.78 is 2.62. The molecule has 7 aromatic carbocycles. The van der Waals surface area contributed by atoms with Crippen LogP contribution in [0.4, 0.5) is 34.1 Å². The maximum Gasteiger partial charge on any atom is 0.0640 e. The minimum atomic E-state index is 0.870. The third kappa shape index (κ3) is 5.42. The lowest BCUT2D eigenvalue weighted by atomic mass is 10.0. The number of benzene rings is 7. The highest BCUT2D eigenvalue weighted by Crippen LogP contribution is 2.44. The maximum atomic E-state index is 2.39. The average molecular weight is 609 g/mol. The molecule has 0 aliphatic rings. The second-order valence-electron chi connectivity index (χ2n) is 11.4. The van der Waals surface area contributed by atoms with Crippen molar-refractivity contribution in [2.45, 2.75) is 6.42 Å². The van der Waals surface area contributed by atoms with Gasteiger partial charge in [0.25, 0.3) is 0 Å². The summed E-state index contributed by atoms with van der Waals surface area (Å²) in [4.78, 5) is 4.69. The van der Waals surface area contributed by atoms with Gasteiger partial charge in [-0.25, -0.2) is 0 Å². The SMILES string of the molecule is c1ccc(N(c2ccccc2)c2ccc(Cc3ccc(N(c4ccccc4)c4cccc5c4sc4ccccc45)cc3)cc2)cc1. The van der Waals surface area contributed by atoms with Crippen molar-refractivity contribution >= 4 is 65.6 Å². The molecule has 8 rings (SSSR count). The Hall–Kier alpha value is -5.64. The van der Waals surface area contributed by atoms with E-state index in [9.17, 15) is 0 Å². The van der Waals surface area contributed by atoms with Gasteiger partial charge < -0.3 is 9.80 Å². The Balaban J connectivity index is 1.10. The van der Waals surface area contributed by atoms with Gasteiger partial charge in [0.15, 0.2) is 0 Å². The van der Waals surface area contributed by atoms with Gasteiger partial charge in [0.05, 0.1) is 10.4 Å². The van der Waals surface area contributed by atoms with Crippen LogP contribution in [0.2, 0.25) is 0 Å². The number of para-hydroxylation sites is 3. The Bertz CT molecular complexity index is 2170. The highest BCUT2D eigenvalue weighted by Gasteiger charge is 2.18. The molecule has 0 atom stereocenters. The summed E-state index contributed by atoms with van der Waals surface area (Å²) in [5.41, 5.74) is 9.51. The maximum absolute atomic E-state index is 2.39. The lowest BCUT2D eigenvalue weighted by Crippen LogP contribution is -2.10. The zero-order valence-corrected chi connectivity index (χ0v) is 26.1. The van der Waals surface area contributed by atoms with Crippen LogP contribution >= 0.6 is 11.3 Å². The first-order chi connectivity index (χ1) is 22.8. The molecule has 8 aromatic rings. The van der Waals surface area contributed by atoms with Gasteiger partial charge in [0, 0.05) is 43.9 Å². The van der Waals surface area contributed by atoms with Crippen LogP contribution in [0.1, 0.15) is 11.1 Å². The van der Waals surface area contributed by atoms with Crippen LogP contribution < -0.4 is 9.80 Å². The molecule has 0 unspecified atom stereocenters. The Labute approximate surface area is 274 Å². The quantitative estimate of drug-likeness (QED) is 0.169. The van der Waals surface area contributed by atoms with E-state index in [-0.39, 0.29) is 0 Å². The van der Waals surface area contributed by atoms with E-state index in [0.29, 0.717) is 0 Å². The van der Waals surface area contributed by atoms with Crippen LogP contribution in [0.25, 0.3) is 20.2 Å². The third-order valence-corrected chi connectivity index (χ3v) is 9.67. The zero-order chi connectivity index (χ0) is 30.7. The number of rotatable bonds is 8. The predicted molar refractivity (Wildman–Crippen MR) is 198 cm³/mol. The molecule has 0 aliphatic carbocycles. The van der Waals surface area contributed by atoms with Crippen LogP contribution in [0.5, 0.6) is 0 Å². The lowest BCUT2D eigenvalue weighted by molar-refractivity contribution is 1.18. The Kier molecular flexibility index (Phi) is 7.51. The first-order valence-electron chi connectivity index (χ1n) is 15.7. The lowest BCUT2D eigenvalue weighted by Gasteiger charge is -2.26. The Morgan fingerprint density at radius 3 is 1.35 bits per heavy atom. The number of hydrogen-bond acceptors (Lipinski definition) is 3. The molecule has 46 heavy (non-hydrogen) atoms. The van der Waals surface area contributed by atoms with Crippen LogP contribution in [-0.2, 0) is 6.42 Å². The largest absolute Gasteiger partial charge is 0.311 e. The van der Waals surface area contributed by atoms with Crippen LogP contribution in [-0.4, -0.2) is 0 Å². The van der Waals surface area contributed by atoms with Crippen LogP contribution in [0.3, 0.4) is 0 Å². The fourth-order valence-electron chi connectivity index (χ4n) is 6.28. The molecule has 2 nitrogen and oxygen atoms in total. The van der Waals surface area contributed by atoms with E-state index in [1.165, 1.54) is 37.0 Å². The van der Waals surface area contributed by atoms with E-state index in [4.69, 9.17) is 0 Å². The monoisotopic (exact) mass is 608 g/mol. The highest BCUT2D eigenvalue weighted by atomic mass is 32.1. The van der Waals surface area contributed by atoms with Crippen molar-refractivity contribution in [3.05, 3.63) is 193 Å². The van der Waals surface area contributed by atoms with E-state index < -0.39 is 0 Å². The fourth-order valence-corrected chi connectivity index (χ4v) is 7.48. The number of nitrogens with zero attached hydrogens (tertiary/aromatic N) is 2. The molecule has 0 spiro atoms. The van der Waals surface area contributed by atoms with Gasteiger partial charge in [-0.2, -0.15) is 0 Å². The molecule has 0 radical (unpaired) electrons. The summed E-state index contributed by atoms with van der Waals surface area (Å²) in [6, 6.07) is 65.2. The molecular formula is C43H32N2S. The van der Waals surface area contributed by atoms with Crippen molar-refractivity contribution in [1.82, 2.24) is 0 Å². The average Bonchev–Trinajstić information content (AvgIpc) is 3.51. The summed E-state index contributed by atoms with van der Waals surface area (Å²) in [5, 5.41) is 2.62. The van der Waals surface area contributed by atoms with Gasteiger partial charge in [-0.05, 0) is 90.3 Å². The van der Waals surface area contributed by atoms with E-state index in [1.807, 2.05) is 11.3 Å². The second kappa shape index (κ2) is 12.4. The zero-order valence-electron chi connectivity index (χ0n) is 25.3. The number of fused-ring (bicyclic) bond motifs is 3. The van der Waals surface area contributed by atoms with Crippen molar-refractivity contribution in [2.75, 3.05) is 9.80 Å². The molecule has 0 aliphatic heterocycles. The van der Waals surface area contributed by atoms with E-state index >= 15 is 0 Å². The molecule has 0 N–H and O–H groups in total. The minimum absolute atomic E-state index is 0.870. The van der Waals surface area contributed by atoms with E-state index in [1.54, 1.807) is 0 Å². The van der Waals surface area contributed by atoms with Gasteiger partial charge >= 0.3 is 0 Å². The van der Waals surface area contributed by atoms with Gasteiger partial charge in [-0.15, -0.1) is 11.3 Å². The summed E-state index contributed by atoms with van der Waals surface area (Å²) in [5.74, 6) is 0. The first kappa shape index (κ1) is 27.9. The minimum Gasteiger partial charge on any atom is -0.311 e. The van der Waals surface area contributed by atoms with Crippen molar-refractivity contribution in [3.63, 3.8) is 0 Å². The summed E-state index contributed by atoms with van der Waals surface area (Å²) in [7, 11) is 0. The second-order valence-corrected chi connectivity index (χ2v) is 12.5. The number of thiophene rings is 1. The molecule has 0 bridgehead atoms. The van der Waals surface area contributed by atoms with Crippen molar-refractivity contribution in [1.29, 1.82) is 0 Å². The van der Waals surface area contributed by atoms with Gasteiger partial charge in [-0.1, -0.05) is 109 Å². The van der Waals surface area contributed by atoms with Crippen LogP contribution in [0.15, 0.2) is 182 Å². The molecule has 1 heterocycles. The summed E-state index contributed by atoms with van der Waals surface area (Å²) in [6.45, 7) is 0. The number of hydrogen-bond donors (Lipinski definition) is 0. The molecular weight excluding hydrogens is 577 g/mol. The molecule has 0 saturated heterocycles. The van der Waals surface area contributed by atoms with Gasteiger partial charge in [0.2, 0.25) is 0 Å². The van der Waals surface area contributed by atoms with Gasteiger partial charge in [0.1, 0.15) is 0 Å². The topological polar surface area (TPSA) is 6.48 Å². The summed E-state index contributed by atoms with van der Waals surface area (Å²) in [6.07, 6.45) is 0.870. The normalized spacial score (nSPS) is 11.1. The molecule has 0 amide bonds. The third-order valence-electron chi connectivity index (χ3n) is 8.46. The Morgan fingerprint density at radius 1 is 0.348 bits per heavy atom. The highest BCUT2D eigenvalue weighted by molar-refractivity contribution is 7.26. The first-order valence-corrected chi connectivity index (χ1v) is 16.5. The fraction of sp³-hybridized carbons (Fsp3) is 0.0233. The molecule has 1 aromatic heterocycles. The Morgan fingerprint density at radius 2 is 0.783 bits per heavy atom. The van der Waals surface area contributed by atoms with Crippen molar-refractivity contribution in [2.24, 2.45) is 0 Å².